The number of fused-ring (bicyclic) bond motifs is 1. The minimum Gasteiger partial charge on any atom is -0.497 e. The second-order valence-corrected chi connectivity index (χ2v) is 13.8. The Morgan fingerprint density at radius 2 is 1.50 bits per heavy atom. The second-order valence-electron chi connectivity index (χ2n) is 11.4. The number of hydrogen-bond acceptors (Lipinski definition) is 8. The molecule has 0 bridgehead atoms. The maximum absolute atomic E-state index is 12.1. The fourth-order valence-electron chi connectivity index (χ4n) is 5.61. The predicted octanol–water partition coefficient (Wildman–Crippen LogP) is 7.55. The van der Waals surface area contributed by atoms with Gasteiger partial charge in [0, 0.05) is 54.4 Å². The first kappa shape index (κ1) is 32.6. The van der Waals surface area contributed by atoms with Gasteiger partial charge in [-0.25, -0.2) is 13.4 Å². The van der Waals surface area contributed by atoms with Gasteiger partial charge in [0.25, 0.3) is 0 Å². The summed E-state index contributed by atoms with van der Waals surface area (Å²) in [5, 5.41) is 11.2. The second kappa shape index (κ2) is 13.4. The number of nitriles is 1. The van der Waals surface area contributed by atoms with E-state index >= 15 is 0 Å². The van der Waals surface area contributed by atoms with Crippen LogP contribution < -0.4 is 14.4 Å². The van der Waals surface area contributed by atoms with Crippen molar-refractivity contribution in [1.82, 2.24) is 14.5 Å². The van der Waals surface area contributed by atoms with E-state index in [1.54, 1.807) is 32.7 Å². The third kappa shape index (κ3) is 6.56. The molecule has 11 heteroatoms. The van der Waals surface area contributed by atoms with E-state index in [-0.39, 0.29) is 4.90 Å². The first-order valence-corrected chi connectivity index (χ1v) is 17.2. The van der Waals surface area contributed by atoms with Gasteiger partial charge >= 0.3 is 0 Å². The molecular weight excluding hydrogens is 646 g/mol. The topological polar surface area (TPSA) is 110 Å². The highest BCUT2D eigenvalue weighted by atomic mass is 35.5. The summed E-state index contributed by atoms with van der Waals surface area (Å²) in [7, 11) is -0.141. The van der Waals surface area contributed by atoms with E-state index in [9.17, 15) is 13.7 Å². The average Bonchev–Trinajstić information content (AvgIpc) is 3.45. The molecule has 0 unspecified atom stereocenters. The molecule has 0 atom stereocenters. The van der Waals surface area contributed by atoms with Gasteiger partial charge in [-0.2, -0.15) is 5.26 Å². The fraction of sp³-hybridized carbons (Fsp3) is 0.162. The van der Waals surface area contributed by atoms with Crippen molar-refractivity contribution in [2.75, 3.05) is 25.4 Å². The molecule has 3 aromatic heterocycles. The number of aryl methyl sites for hydroxylation is 1. The summed E-state index contributed by atoms with van der Waals surface area (Å²) < 4.78 is 36.8. The van der Waals surface area contributed by atoms with E-state index in [0.717, 1.165) is 56.6 Å². The van der Waals surface area contributed by atoms with Crippen LogP contribution in [0.4, 0.5) is 5.69 Å². The first-order valence-electron chi connectivity index (χ1n) is 15.0. The van der Waals surface area contributed by atoms with Crippen LogP contribution in [0.15, 0.2) is 102 Å². The lowest BCUT2D eigenvalue weighted by Gasteiger charge is -2.27. The zero-order valence-electron chi connectivity index (χ0n) is 26.8. The molecule has 0 spiro atoms. The Labute approximate surface area is 284 Å². The maximum atomic E-state index is 12.1. The van der Waals surface area contributed by atoms with Crippen LogP contribution >= 0.6 is 11.6 Å². The molecule has 0 radical (unpaired) electrons. The number of halogens is 1. The number of methoxy groups -OCH3 is 2. The zero-order valence-corrected chi connectivity index (χ0v) is 28.4. The van der Waals surface area contributed by atoms with Gasteiger partial charge in [0.05, 0.1) is 53.2 Å². The zero-order chi connectivity index (χ0) is 34.0. The molecule has 0 fully saturated rings. The molecule has 0 saturated carbocycles. The van der Waals surface area contributed by atoms with Crippen molar-refractivity contribution in [3.05, 3.63) is 125 Å². The Bertz CT molecular complexity index is 2210. The summed E-state index contributed by atoms with van der Waals surface area (Å²) in [4.78, 5) is 11.4. The number of sulfone groups is 1. The van der Waals surface area contributed by atoms with Crippen LogP contribution in [0.3, 0.4) is 0 Å². The Hall–Kier alpha value is -5.37. The SMILES string of the molecule is COc1ccc(CN(Cc2ccc(OC)cc2)c2cncc(-c3cn(-c4ccc(S(C)(=O)=O)cn4)c4cc(C)c(C#N)cc34)c2Cl)cc1. The summed E-state index contributed by atoms with van der Waals surface area (Å²) in [6, 6.07) is 25.0. The van der Waals surface area contributed by atoms with E-state index < -0.39 is 9.84 Å². The first-order chi connectivity index (χ1) is 23.1. The van der Waals surface area contributed by atoms with E-state index in [4.69, 9.17) is 21.1 Å². The number of aromatic nitrogens is 3. The molecule has 3 aromatic carbocycles. The van der Waals surface area contributed by atoms with Crippen molar-refractivity contribution in [2.24, 2.45) is 0 Å². The fourth-order valence-corrected chi connectivity index (χ4v) is 6.48. The highest BCUT2D eigenvalue weighted by Crippen LogP contribution is 2.41. The van der Waals surface area contributed by atoms with Crippen LogP contribution in [-0.4, -0.2) is 43.4 Å². The number of nitrogens with zero attached hydrogens (tertiary/aromatic N) is 5. The van der Waals surface area contributed by atoms with Gasteiger partial charge in [-0.05, 0) is 72.1 Å². The lowest BCUT2D eigenvalue weighted by Crippen LogP contribution is -2.22. The van der Waals surface area contributed by atoms with Gasteiger partial charge in [0.1, 0.15) is 17.3 Å². The van der Waals surface area contributed by atoms with Gasteiger partial charge in [-0.15, -0.1) is 0 Å². The Morgan fingerprint density at radius 3 is 2.02 bits per heavy atom. The molecule has 6 rings (SSSR count). The molecule has 242 valence electrons. The highest BCUT2D eigenvalue weighted by molar-refractivity contribution is 7.90. The van der Waals surface area contributed by atoms with Gasteiger partial charge in [0.15, 0.2) is 9.84 Å². The molecule has 0 N–H and O–H groups in total. The van der Waals surface area contributed by atoms with Crippen LogP contribution in [0.5, 0.6) is 11.5 Å². The average molecular weight is 678 g/mol. The van der Waals surface area contributed by atoms with Crippen molar-refractivity contribution in [3.8, 4) is 34.5 Å². The number of pyridine rings is 2. The monoisotopic (exact) mass is 677 g/mol. The largest absolute Gasteiger partial charge is 0.497 e. The van der Waals surface area contributed by atoms with E-state index in [0.29, 0.717) is 35.1 Å². The molecule has 3 heterocycles. The minimum atomic E-state index is -3.42. The third-order valence-electron chi connectivity index (χ3n) is 8.22. The summed E-state index contributed by atoms with van der Waals surface area (Å²) >= 11 is 7.32. The Balaban J connectivity index is 1.49. The Morgan fingerprint density at radius 1 is 0.875 bits per heavy atom. The van der Waals surface area contributed by atoms with Crippen LogP contribution in [0.25, 0.3) is 27.8 Å². The van der Waals surface area contributed by atoms with Gasteiger partial charge < -0.3 is 18.9 Å². The maximum Gasteiger partial charge on any atom is 0.177 e. The number of rotatable bonds is 10. The minimum absolute atomic E-state index is 0.125. The van der Waals surface area contributed by atoms with E-state index in [1.807, 2.05) is 78.4 Å². The summed E-state index contributed by atoms with van der Waals surface area (Å²) in [5.74, 6) is 2.06. The number of anilines is 1. The lowest BCUT2D eigenvalue weighted by molar-refractivity contribution is 0.414. The molecule has 0 aliphatic rings. The van der Waals surface area contributed by atoms with Crippen LogP contribution in [0.2, 0.25) is 5.02 Å². The smallest absolute Gasteiger partial charge is 0.177 e. The molecule has 9 nitrogen and oxygen atoms in total. The van der Waals surface area contributed by atoms with Crippen LogP contribution in [0, 0.1) is 18.3 Å². The van der Waals surface area contributed by atoms with Gasteiger partial charge in [-0.1, -0.05) is 35.9 Å². The molecule has 6 aromatic rings. The molecule has 0 saturated heterocycles. The third-order valence-corrected chi connectivity index (χ3v) is 9.72. The predicted molar refractivity (Wildman–Crippen MR) is 188 cm³/mol. The standard InChI is InChI=1S/C37H32ClN5O4S/c1-24-15-34-31(16-27(24)17-39)33(23-43(34)36-14-13-30(18-41-36)48(4,44)45)32-19-40-20-35(37(32)38)42(21-25-5-9-28(46-2)10-6-25)22-26-7-11-29(47-3)12-8-26/h5-16,18-20,23H,21-22H2,1-4H3. The van der Waals surface area contributed by atoms with Crippen molar-refractivity contribution >= 4 is 38.0 Å². The van der Waals surface area contributed by atoms with E-state index in [1.165, 1.54) is 12.3 Å². The number of ether oxygens (including phenoxy) is 2. The quantitative estimate of drug-likeness (QED) is 0.146. The molecule has 0 amide bonds. The molecule has 0 aliphatic carbocycles. The summed E-state index contributed by atoms with van der Waals surface area (Å²) in [6.07, 6.45) is 7.87. The molecular formula is C37H32ClN5O4S. The van der Waals surface area contributed by atoms with Crippen molar-refractivity contribution in [3.63, 3.8) is 0 Å². The summed E-state index contributed by atoms with van der Waals surface area (Å²) in [6.45, 7) is 2.95. The van der Waals surface area contributed by atoms with E-state index in [2.05, 4.69) is 20.9 Å². The highest BCUT2D eigenvalue weighted by Gasteiger charge is 2.21. The Kier molecular flexibility index (Phi) is 9.09. The van der Waals surface area contributed by atoms with Crippen molar-refractivity contribution < 1.29 is 17.9 Å². The molecule has 48 heavy (non-hydrogen) atoms. The lowest BCUT2D eigenvalue weighted by atomic mass is 10.0. The number of benzene rings is 3. The van der Waals surface area contributed by atoms with Crippen LogP contribution in [0.1, 0.15) is 22.3 Å². The van der Waals surface area contributed by atoms with Crippen molar-refractivity contribution in [2.45, 2.75) is 24.9 Å². The van der Waals surface area contributed by atoms with Crippen LogP contribution in [-0.2, 0) is 22.9 Å². The normalized spacial score (nSPS) is 11.3. The summed E-state index contributed by atoms with van der Waals surface area (Å²) in [5.41, 5.74) is 6.38. The van der Waals surface area contributed by atoms with Gasteiger partial charge in [0.2, 0.25) is 0 Å². The number of hydrogen-bond donors (Lipinski definition) is 0. The van der Waals surface area contributed by atoms with Crippen molar-refractivity contribution in [1.29, 1.82) is 5.26 Å². The van der Waals surface area contributed by atoms with Gasteiger partial charge in [-0.3, -0.25) is 4.98 Å². The molecule has 0 aliphatic heterocycles.